The summed E-state index contributed by atoms with van der Waals surface area (Å²) in [5, 5.41) is 0.970. The first-order chi connectivity index (χ1) is 14.5. The van der Waals surface area contributed by atoms with E-state index in [0.29, 0.717) is 19.1 Å². The molecule has 3 heterocycles. The number of aryl methyl sites for hydroxylation is 2. The number of aromatic nitrogens is 4. The number of nitrogens with zero attached hydrogens (tertiary/aromatic N) is 5. The molecule has 158 valence electrons. The van der Waals surface area contributed by atoms with Crippen molar-refractivity contribution in [3.8, 4) is 5.75 Å². The number of nitrogens with one attached hydrogen (secondary N) is 1. The molecule has 2 aromatic heterocycles. The van der Waals surface area contributed by atoms with Crippen molar-refractivity contribution in [3.05, 3.63) is 41.6 Å². The number of hydrogen-bond acceptors (Lipinski definition) is 6. The highest BCUT2D eigenvalue weighted by Gasteiger charge is 2.34. The number of imidazole rings is 1. The van der Waals surface area contributed by atoms with Crippen LogP contribution in [-0.2, 0) is 11.3 Å². The molecule has 1 fully saturated rings. The summed E-state index contributed by atoms with van der Waals surface area (Å²) in [6, 6.07) is 5.60. The van der Waals surface area contributed by atoms with Crippen LogP contribution in [0.3, 0.4) is 0 Å². The van der Waals surface area contributed by atoms with Gasteiger partial charge in [-0.3, -0.25) is 4.79 Å². The Morgan fingerprint density at radius 1 is 1.33 bits per heavy atom. The van der Waals surface area contributed by atoms with E-state index >= 15 is 0 Å². The molecule has 1 aliphatic heterocycles. The molecule has 0 aliphatic carbocycles. The Kier molecular flexibility index (Phi) is 5.57. The molecule has 8 nitrogen and oxygen atoms in total. The Hall–Kier alpha value is -3.16. The van der Waals surface area contributed by atoms with Crippen LogP contribution in [0.25, 0.3) is 10.9 Å². The number of benzene rings is 1. The van der Waals surface area contributed by atoms with Gasteiger partial charge in [-0.15, -0.1) is 0 Å². The summed E-state index contributed by atoms with van der Waals surface area (Å²) in [6.07, 6.45) is 3.51. The number of fused-ring (bicyclic) bond motifs is 1. The van der Waals surface area contributed by atoms with Crippen LogP contribution in [-0.4, -0.2) is 57.0 Å². The maximum Gasteiger partial charge on any atom is 0.245 e. The van der Waals surface area contributed by atoms with Gasteiger partial charge < -0.3 is 19.5 Å². The Labute approximate surface area is 176 Å². The van der Waals surface area contributed by atoms with E-state index in [1.165, 1.54) is 0 Å². The molecule has 0 saturated carbocycles. The number of hydrogen-bond donors (Lipinski definition) is 1. The van der Waals surface area contributed by atoms with E-state index in [1.807, 2.05) is 50.9 Å². The minimum absolute atomic E-state index is 0.0644. The van der Waals surface area contributed by atoms with Crippen molar-refractivity contribution in [2.24, 2.45) is 0 Å². The fourth-order valence-corrected chi connectivity index (χ4v) is 4.00. The smallest absolute Gasteiger partial charge is 0.245 e. The van der Waals surface area contributed by atoms with Crippen molar-refractivity contribution >= 4 is 22.8 Å². The van der Waals surface area contributed by atoms with E-state index in [4.69, 9.17) is 14.7 Å². The lowest BCUT2D eigenvalue weighted by Crippen LogP contribution is -2.44. The fraction of sp³-hybridized carbons (Fsp3) is 0.455. The Morgan fingerprint density at radius 2 is 2.17 bits per heavy atom. The molecule has 1 saturated heterocycles. The van der Waals surface area contributed by atoms with Crippen molar-refractivity contribution in [1.29, 1.82) is 0 Å². The molecule has 0 spiro atoms. The van der Waals surface area contributed by atoms with Crippen LogP contribution in [0, 0.1) is 13.8 Å². The van der Waals surface area contributed by atoms with Gasteiger partial charge in [-0.05, 0) is 51.8 Å². The largest absolute Gasteiger partial charge is 0.494 e. The van der Waals surface area contributed by atoms with E-state index < -0.39 is 0 Å². The number of carbonyl (C=O) groups is 1. The zero-order valence-electron chi connectivity index (χ0n) is 18.0. The number of anilines is 1. The van der Waals surface area contributed by atoms with Gasteiger partial charge in [-0.2, -0.15) is 0 Å². The minimum Gasteiger partial charge on any atom is -0.494 e. The lowest BCUT2D eigenvalue weighted by Gasteiger charge is -2.28. The third-order valence-corrected chi connectivity index (χ3v) is 5.47. The molecule has 1 unspecified atom stereocenters. The highest BCUT2D eigenvalue weighted by atomic mass is 16.5. The van der Waals surface area contributed by atoms with Gasteiger partial charge in [0.2, 0.25) is 11.9 Å². The predicted octanol–water partition coefficient (Wildman–Crippen LogP) is 3.00. The molecule has 1 atom stereocenters. The van der Waals surface area contributed by atoms with Gasteiger partial charge in [-0.1, -0.05) is 0 Å². The second kappa shape index (κ2) is 8.30. The van der Waals surface area contributed by atoms with Gasteiger partial charge in [-0.25, -0.2) is 15.0 Å². The van der Waals surface area contributed by atoms with Crippen LogP contribution in [0.15, 0.2) is 24.4 Å². The van der Waals surface area contributed by atoms with E-state index in [-0.39, 0.29) is 11.9 Å². The van der Waals surface area contributed by atoms with Gasteiger partial charge in [0.1, 0.15) is 17.6 Å². The number of H-pyrrole nitrogens is 1. The summed E-state index contributed by atoms with van der Waals surface area (Å²) < 4.78 is 5.60. The highest BCUT2D eigenvalue weighted by molar-refractivity contribution is 5.87. The van der Waals surface area contributed by atoms with Crippen LogP contribution in [0.4, 0.5) is 5.95 Å². The summed E-state index contributed by atoms with van der Waals surface area (Å²) in [4.78, 5) is 33.9. The number of aromatic amines is 1. The zero-order valence-corrected chi connectivity index (χ0v) is 18.0. The molecule has 1 N–H and O–H groups in total. The van der Waals surface area contributed by atoms with E-state index in [2.05, 4.69) is 9.97 Å². The van der Waals surface area contributed by atoms with Crippen molar-refractivity contribution in [2.75, 3.05) is 25.1 Å². The number of rotatable bonds is 6. The molecule has 30 heavy (non-hydrogen) atoms. The average molecular weight is 409 g/mol. The molecule has 8 heteroatoms. The van der Waals surface area contributed by atoms with Gasteiger partial charge >= 0.3 is 0 Å². The predicted molar refractivity (Wildman–Crippen MR) is 116 cm³/mol. The number of ether oxygens (including phenoxy) is 1. The standard InChI is InChI=1S/C22H28N6O2/c1-5-30-16-8-9-18-17(11-16)15(3)25-22(26-18)28-10-6-7-19(28)21(29)27(4)13-20-23-12-14(2)24-20/h8-9,11-12,19H,5-7,10,13H2,1-4H3,(H,23,24). The Morgan fingerprint density at radius 3 is 2.90 bits per heavy atom. The average Bonchev–Trinajstić information content (AvgIpc) is 3.37. The molecule has 4 rings (SSSR count). The van der Waals surface area contributed by atoms with Crippen molar-refractivity contribution in [1.82, 2.24) is 24.8 Å². The summed E-state index contributed by atoms with van der Waals surface area (Å²) in [7, 11) is 1.82. The van der Waals surface area contributed by atoms with Gasteiger partial charge in [0.25, 0.3) is 0 Å². The first-order valence-electron chi connectivity index (χ1n) is 10.4. The van der Waals surface area contributed by atoms with Crippen molar-refractivity contribution in [3.63, 3.8) is 0 Å². The zero-order chi connectivity index (χ0) is 21.3. The van der Waals surface area contributed by atoms with E-state index in [9.17, 15) is 4.79 Å². The van der Waals surface area contributed by atoms with Crippen LogP contribution in [0.2, 0.25) is 0 Å². The fourth-order valence-electron chi connectivity index (χ4n) is 4.00. The van der Waals surface area contributed by atoms with Crippen LogP contribution in [0.5, 0.6) is 5.75 Å². The summed E-state index contributed by atoms with van der Waals surface area (Å²) in [5.74, 6) is 2.28. The number of likely N-dealkylation sites (N-methyl/N-ethyl adjacent to an activating group) is 1. The summed E-state index contributed by atoms with van der Waals surface area (Å²) in [6.45, 7) is 7.73. The maximum absolute atomic E-state index is 13.2. The number of amides is 1. The monoisotopic (exact) mass is 408 g/mol. The van der Waals surface area contributed by atoms with Gasteiger partial charge in [0, 0.05) is 30.9 Å². The normalized spacial score (nSPS) is 16.3. The molecule has 3 aromatic rings. The van der Waals surface area contributed by atoms with Crippen molar-refractivity contribution < 1.29 is 9.53 Å². The lowest BCUT2D eigenvalue weighted by atomic mass is 10.2. The first-order valence-corrected chi connectivity index (χ1v) is 10.4. The molecule has 1 aromatic carbocycles. The second-order valence-corrected chi connectivity index (χ2v) is 7.78. The van der Waals surface area contributed by atoms with E-state index in [1.54, 1.807) is 11.1 Å². The lowest BCUT2D eigenvalue weighted by molar-refractivity contribution is -0.131. The van der Waals surface area contributed by atoms with Crippen molar-refractivity contribution in [2.45, 2.75) is 46.2 Å². The van der Waals surface area contributed by atoms with Crippen LogP contribution < -0.4 is 9.64 Å². The van der Waals surface area contributed by atoms with Crippen LogP contribution in [0.1, 0.15) is 37.0 Å². The third kappa shape index (κ3) is 3.94. The molecule has 0 radical (unpaired) electrons. The number of carbonyl (C=O) groups excluding carboxylic acids is 1. The molecular formula is C22H28N6O2. The van der Waals surface area contributed by atoms with E-state index in [0.717, 1.165) is 53.3 Å². The second-order valence-electron chi connectivity index (χ2n) is 7.78. The Balaban J connectivity index is 1.57. The molecule has 1 aliphatic rings. The summed E-state index contributed by atoms with van der Waals surface area (Å²) >= 11 is 0. The highest BCUT2D eigenvalue weighted by Crippen LogP contribution is 2.28. The van der Waals surface area contributed by atoms with Gasteiger partial charge in [0.05, 0.1) is 24.4 Å². The maximum atomic E-state index is 13.2. The van der Waals surface area contributed by atoms with Crippen LogP contribution >= 0.6 is 0 Å². The topological polar surface area (TPSA) is 87.2 Å². The first kappa shape index (κ1) is 20.1. The third-order valence-electron chi connectivity index (χ3n) is 5.47. The molecule has 1 amide bonds. The Bertz CT molecular complexity index is 1060. The molecule has 0 bridgehead atoms. The van der Waals surface area contributed by atoms with Gasteiger partial charge in [0.15, 0.2) is 0 Å². The molecular weight excluding hydrogens is 380 g/mol. The minimum atomic E-state index is -0.259. The quantitative estimate of drug-likeness (QED) is 0.675. The SMILES string of the molecule is CCOc1ccc2nc(N3CCCC3C(=O)N(C)Cc3ncc(C)[nH]3)nc(C)c2c1. The summed E-state index contributed by atoms with van der Waals surface area (Å²) in [5.41, 5.74) is 2.73.